The monoisotopic (exact) mass is 294 g/mol. The van der Waals surface area contributed by atoms with E-state index in [0.29, 0.717) is 12.2 Å². The van der Waals surface area contributed by atoms with Crippen LogP contribution in [0.25, 0.3) is 11.5 Å². The van der Waals surface area contributed by atoms with Crippen LogP contribution in [0.5, 0.6) is 0 Å². The predicted octanol–water partition coefficient (Wildman–Crippen LogP) is 1.26. The molecule has 1 atom stereocenters. The van der Waals surface area contributed by atoms with Gasteiger partial charge in [-0.3, -0.25) is 0 Å². The number of hydrogen-bond donors (Lipinski definition) is 1. The zero-order chi connectivity index (χ0) is 15.4. The quantitative estimate of drug-likeness (QED) is 0.891. The Balaban J connectivity index is 2.09. The molecule has 0 bridgehead atoms. The molecule has 0 aliphatic heterocycles. The summed E-state index contributed by atoms with van der Waals surface area (Å²) in [6, 6.07) is 2.42. The largest absolute Gasteiger partial charge is 0.465 e. The third-order valence-corrected chi connectivity index (χ3v) is 2.96. The van der Waals surface area contributed by atoms with Crippen molar-refractivity contribution in [3.63, 3.8) is 0 Å². The van der Waals surface area contributed by atoms with Gasteiger partial charge in [-0.25, -0.2) is 14.2 Å². The number of carboxylic acid groups (broad SMARTS) is 1. The summed E-state index contributed by atoms with van der Waals surface area (Å²) in [5.74, 6) is -0.180. The Morgan fingerprint density at radius 2 is 2.29 bits per heavy atom. The van der Waals surface area contributed by atoms with Crippen LogP contribution in [0.15, 0.2) is 18.3 Å². The molecule has 0 aromatic carbocycles. The molecule has 2 aromatic rings. The molecule has 0 aliphatic carbocycles. The van der Waals surface area contributed by atoms with Crippen LogP contribution in [0.1, 0.15) is 13.8 Å². The van der Waals surface area contributed by atoms with Gasteiger partial charge in [-0.2, -0.15) is 4.80 Å². The average molecular weight is 294 g/mol. The molecular weight excluding hydrogens is 279 g/mol. The molecule has 21 heavy (non-hydrogen) atoms. The van der Waals surface area contributed by atoms with Gasteiger partial charge >= 0.3 is 6.09 Å². The lowest BCUT2D eigenvalue weighted by molar-refractivity contribution is 0.124. The molecule has 1 amide bonds. The predicted molar refractivity (Wildman–Crippen MR) is 70.9 cm³/mol. The summed E-state index contributed by atoms with van der Waals surface area (Å²) in [6.07, 6.45) is 0.0765. The fourth-order valence-electron chi connectivity index (χ4n) is 1.90. The van der Waals surface area contributed by atoms with Gasteiger partial charge in [0.05, 0.1) is 18.8 Å². The third kappa shape index (κ3) is 3.50. The van der Waals surface area contributed by atoms with Crippen LogP contribution in [0, 0.1) is 5.82 Å². The van der Waals surface area contributed by atoms with Gasteiger partial charge < -0.3 is 10.0 Å². The second-order valence-electron chi connectivity index (χ2n) is 4.45. The highest BCUT2D eigenvalue weighted by Crippen LogP contribution is 2.10. The van der Waals surface area contributed by atoms with Crippen molar-refractivity contribution in [1.82, 2.24) is 30.1 Å². The van der Waals surface area contributed by atoms with Crippen molar-refractivity contribution in [3.8, 4) is 11.5 Å². The Morgan fingerprint density at radius 3 is 2.86 bits per heavy atom. The van der Waals surface area contributed by atoms with Crippen LogP contribution in [0.2, 0.25) is 0 Å². The molecule has 2 aromatic heterocycles. The van der Waals surface area contributed by atoms with Crippen LogP contribution in [-0.4, -0.2) is 53.9 Å². The smallest absolute Gasteiger partial charge is 0.407 e. The number of pyridine rings is 1. The average Bonchev–Trinajstić information content (AvgIpc) is 2.88. The van der Waals surface area contributed by atoms with Gasteiger partial charge in [-0.05, 0) is 31.2 Å². The Bertz CT molecular complexity index is 614. The zero-order valence-corrected chi connectivity index (χ0v) is 11.6. The number of rotatable bonds is 5. The first-order valence-corrected chi connectivity index (χ1v) is 6.40. The molecule has 0 radical (unpaired) electrons. The Hall–Kier alpha value is -2.58. The molecule has 0 fully saturated rings. The summed E-state index contributed by atoms with van der Waals surface area (Å²) in [5.41, 5.74) is 0.404. The van der Waals surface area contributed by atoms with E-state index >= 15 is 0 Å². The minimum absolute atomic E-state index is 0.264. The van der Waals surface area contributed by atoms with Gasteiger partial charge in [0.25, 0.3) is 0 Å². The molecule has 9 heteroatoms. The van der Waals surface area contributed by atoms with Gasteiger partial charge in [0, 0.05) is 6.54 Å². The molecule has 8 nitrogen and oxygen atoms in total. The number of halogens is 1. The van der Waals surface area contributed by atoms with E-state index < -0.39 is 11.9 Å². The summed E-state index contributed by atoms with van der Waals surface area (Å²) in [7, 11) is 0. The van der Waals surface area contributed by atoms with E-state index in [1.807, 2.05) is 0 Å². The molecule has 2 rings (SSSR count). The van der Waals surface area contributed by atoms with Crippen LogP contribution in [-0.2, 0) is 6.54 Å². The molecule has 0 spiro atoms. The van der Waals surface area contributed by atoms with Crippen LogP contribution < -0.4 is 0 Å². The first-order chi connectivity index (χ1) is 10.0. The molecule has 0 unspecified atom stereocenters. The highest BCUT2D eigenvalue weighted by molar-refractivity contribution is 5.65. The zero-order valence-electron chi connectivity index (χ0n) is 11.6. The van der Waals surface area contributed by atoms with Crippen LogP contribution in [0.4, 0.5) is 9.18 Å². The molecule has 1 N–H and O–H groups in total. The van der Waals surface area contributed by atoms with E-state index in [1.165, 1.54) is 21.8 Å². The Labute approximate surface area is 120 Å². The second kappa shape index (κ2) is 6.25. The summed E-state index contributed by atoms with van der Waals surface area (Å²) in [6.45, 7) is 4.16. The van der Waals surface area contributed by atoms with Crippen molar-refractivity contribution in [2.75, 3.05) is 6.54 Å². The molecule has 0 aliphatic rings. The maximum absolute atomic E-state index is 12.8. The third-order valence-electron chi connectivity index (χ3n) is 2.96. The van der Waals surface area contributed by atoms with Crippen molar-refractivity contribution in [1.29, 1.82) is 0 Å². The maximum atomic E-state index is 12.8. The van der Waals surface area contributed by atoms with E-state index in [1.54, 1.807) is 13.8 Å². The number of tetrazole rings is 1. The number of amides is 1. The van der Waals surface area contributed by atoms with Crippen LogP contribution in [0.3, 0.4) is 0 Å². The van der Waals surface area contributed by atoms with E-state index in [2.05, 4.69) is 20.4 Å². The topological polar surface area (TPSA) is 97.0 Å². The van der Waals surface area contributed by atoms with Crippen molar-refractivity contribution in [3.05, 3.63) is 24.1 Å². The highest BCUT2D eigenvalue weighted by atomic mass is 19.1. The van der Waals surface area contributed by atoms with Gasteiger partial charge in [-0.1, -0.05) is 0 Å². The maximum Gasteiger partial charge on any atom is 0.407 e. The molecule has 112 valence electrons. The number of aromatic nitrogens is 5. The highest BCUT2D eigenvalue weighted by Gasteiger charge is 2.19. The lowest BCUT2D eigenvalue weighted by atomic mass is 10.3. The Kier molecular flexibility index (Phi) is 4.41. The van der Waals surface area contributed by atoms with Crippen molar-refractivity contribution in [2.45, 2.75) is 26.4 Å². The van der Waals surface area contributed by atoms with Gasteiger partial charge in [0.15, 0.2) is 0 Å². The number of nitrogens with zero attached hydrogens (tertiary/aromatic N) is 6. The van der Waals surface area contributed by atoms with E-state index in [0.717, 1.165) is 6.20 Å². The van der Waals surface area contributed by atoms with Gasteiger partial charge in [-0.15, -0.1) is 10.2 Å². The lowest BCUT2D eigenvalue weighted by Gasteiger charge is -2.23. The normalized spacial score (nSPS) is 12.1. The molecular formula is C12H15FN6O2. The summed E-state index contributed by atoms with van der Waals surface area (Å²) in [4.78, 5) is 17.5. The summed E-state index contributed by atoms with van der Waals surface area (Å²) in [5, 5.41) is 20.8. The first kappa shape index (κ1) is 14.8. The molecule has 0 saturated carbocycles. The second-order valence-corrected chi connectivity index (χ2v) is 4.45. The number of hydrogen-bond acceptors (Lipinski definition) is 5. The van der Waals surface area contributed by atoms with Crippen molar-refractivity contribution < 1.29 is 14.3 Å². The minimum atomic E-state index is -0.995. The fraction of sp³-hybridized carbons (Fsp3) is 0.417. The van der Waals surface area contributed by atoms with E-state index in [-0.39, 0.29) is 18.4 Å². The first-order valence-electron chi connectivity index (χ1n) is 6.40. The standard InChI is InChI=1S/C12H15FN6O2/c1-3-18(12(20)21)8(2)7-19-16-11(15-17-19)10-5-4-9(13)6-14-10/h4-6,8H,3,7H2,1-2H3,(H,20,21)/t8-/m0/s1. The summed E-state index contributed by atoms with van der Waals surface area (Å²) < 4.78 is 12.8. The number of carbonyl (C=O) groups is 1. The Morgan fingerprint density at radius 1 is 1.52 bits per heavy atom. The van der Waals surface area contributed by atoms with Gasteiger partial charge in [0.1, 0.15) is 11.5 Å². The van der Waals surface area contributed by atoms with Crippen molar-refractivity contribution in [2.24, 2.45) is 0 Å². The summed E-state index contributed by atoms with van der Waals surface area (Å²) >= 11 is 0. The minimum Gasteiger partial charge on any atom is -0.465 e. The fourth-order valence-corrected chi connectivity index (χ4v) is 1.90. The van der Waals surface area contributed by atoms with E-state index in [4.69, 9.17) is 5.11 Å². The van der Waals surface area contributed by atoms with E-state index in [9.17, 15) is 9.18 Å². The lowest BCUT2D eigenvalue weighted by Crippen LogP contribution is -2.40. The number of likely N-dealkylation sites (N-methyl/N-ethyl adjacent to an activating group) is 1. The van der Waals surface area contributed by atoms with Crippen LogP contribution >= 0.6 is 0 Å². The van der Waals surface area contributed by atoms with Crippen molar-refractivity contribution >= 4 is 6.09 Å². The SMILES string of the molecule is CCN(C(=O)O)[C@@H](C)Cn1nnc(-c2ccc(F)cn2)n1. The molecule has 0 saturated heterocycles. The molecule has 2 heterocycles. The van der Waals surface area contributed by atoms with Gasteiger partial charge in [0.2, 0.25) is 5.82 Å².